The summed E-state index contributed by atoms with van der Waals surface area (Å²) in [6, 6.07) is 1.72. The van der Waals surface area contributed by atoms with Crippen molar-refractivity contribution >= 4 is 27.0 Å². The van der Waals surface area contributed by atoms with Gasteiger partial charge >= 0.3 is 0 Å². The van der Waals surface area contributed by atoms with Crippen molar-refractivity contribution in [1.82, 2.24) is 15.0 Å². The summed E-state index contributed by atoms with van der Waals surface area (Å²) in [6.45, 7) is -1.18. The standard InChI is InChI=1S/C14H10F4N4O3S2/c15-8-4-9(12(18)21-13(8)25-6-11(16)17)22-27(23,24)7-3-10(20-5-7)14-19-1-2-26-14/h1-5,11,20,22H,6H2. The molecule has 3 aromatic rings. The number of rotatable bonds is 7. The number of pyridine rings is 1. The molecule has 0 bridgehead atoms. The first kappa shape index (κ1) is 19.1. The number of sulfonamides is 1. The Bertz CT molecular complexity index is 1040. The van der Waals surface area contributed by atoms with E-state index in [1.807, 2.05) is 4.72 Å². The maximum absolute atomic E-state index is 13.9. The quantitative estimate of drug-likeness (QED) is 0.450. The monoisotopic (exact) mass is 422 g/mol. The summed E-state index contributed by atoms with van der Waals surface area (Å²) in [7, 11) is -4.27. The molecule has 13 heteroatoms. The Hall–Kier alpha value is -2.67. The summed E-state index contributed by atoms with van der Waals surface area (Å²) in [5, 5.41) is 2.24. The third kappa shape index (κ3) is 4.36. The van der Waals surface area contributed by atoms with Gasteiger partial charge in [-0.05, 0) is 6.07 Å². The van der Waals surface area contributed by atoms with E-state index in [1.165, 1.54) is 23.6 Å². The maximum atomic E-state index is 13.9. The first-order valence-corrected chi connectivity index (χ1v) is 9.50. The highest BCUT2D eigenvalue weighted by Crippen LogP contribution is 2.27. The lowest BCUT2D eigenvalue weighted by Crippen LogP contribution is -2.15. The number of nitrogens with one attached hydrogen (secondary N) is 2. The number of nitrogens with zero attached hydrogens (tertiary/aromatic N) is 2. The summed E-state index contributed by atoms with van der Waals surface area (Å²) in [5.41, 5.74) is -0.375. The smallest absolute Gasteiger partial charge is 0.272 e. The highest BCUT2D eigenvalue weighted by molar-refractivity contribution is 7.92. The van der Waals surface area contributed by atoms with Gasteiger partial charge in [-0.1, -0.05) is 0 Å². The lowest BCUT2D eigenvalue weighted by Gasteiger charge is -2.10. The molecule has 0 aliphatic carbocycles. The van der Waals surface area contributed by atoms with E-state index in [4.69, 9.17) is 0 Å². The zero-order valence-corrected chi connectivity index (χ0v) is 14.8. The second-order valence-electron chi connectivity index (χ2n) is 5.01. The summed E-state index contributed by atoms with van der Waals surface area (Å²) < 4.78 is 82.8. The van der Waals surface area contributed by atoms with E-state index in [2.05, 4.69) is 19.7 Å². The first-order chi connectivity index (χ1) is 12.8. The Labute approximate surface area is 154 Å². The van der Waals surface area contributed by atoms with Crippen molar-refractivity contribution in [2.45, 2.75) is 11.3 Å². The van der Waals surface area contributed by atoms with E-state index in [1.54, 1.807) is 5.38 Å². The average Bonchev–Trinajstić information content (AvgIpc) is 3.27. The Morgan fingerprint density at radius 1 is 1.30 bits per heavy atom. The van der Waals surface area contributed by atoms with E-state index >= 15 is 0 Å². The second-order valence-corrected chi connectivity index (χ2v) is 7.58. The van der Waals surface area contributed by atoms with E-state index in [9.17, 15) is 26.0 Å². The number of aromatic nitrogens is 3. The molecule has 7 nitrogen and oxygen atoms in total. The Morgan fingerprint density at radius 2 is 2.07 bits per heavy atom. The highest BCUT2D eigenvalue weighted by atomic mass is 32.2. The van der Waals surface area contributed by atoms with Crippen molar-refractivity contribution < 1.29 is 30.7 Å². The van der Waals surface area contributed by atoms with Crippen LogP contribution < -0.4 is 9.46 Å². The van der Waals surface area contributed by atoms with Gasteiger partial charge < -0.3 is 9.72 Å². The van der Waals surface area contributed by atoms with Gasteiger partial charge in [-0.25, -0.2) is 26.6 Å². The van der Waals surface area contributed by atoms with E-state index in [-0.39, 0.29) is 4.90 Å². The van der Waals surface area contributed by atoms with E-state index < -0.39 is 46.4 Å². The molecule has 0 saturated heterocycles. The molecule has 0 saturated carbocycles. The normalized spacial score (nSPS) is 11.7. The number of ether oxygens (including phenoxy) is 1. The molecule has 2 N–H and O–H groups in total. The van der Waals surface area contributed by atoms with Crippen LogP contribution in [0.5, 0.6) is 5.88 Å². The van der Waals surface area contributed by atoms with E-state index in [0.717, 1.165) is 6.20 Å². The zero-order valence-electron chi connectivity index (χ0n) is 13.1. The van der Waals surface area contributed by atoms with Crippen LogP contribution in [0.3, 0.4) is 0 Å². The second kappa shape index (κ2) is 7.52. The number of thiazole rings is 1. The Kier molecular flexibility index (Phi) is 5.32. The maximum Gasteiger partial charge on any atom is 0.272 e. The molecular formula is C14H10F4N4O3S2. The van der Waals surface area contributed by atoms with Crippen LogP contribution >= 0.6 is 11.3 Å². The largest absolute Gasteiger partial charge is 0.469 e. The van der Waals surface area contributed by atoms with Gasteiger partial charge in [0, 0.05) is 23.8 Å². The van der Waals surface area contributed by atoms with Gasteiger partial charge in [-0.15, -0.1) is 11.3 Å². The average molecular weight is 422 g/mol. The molecule has 0 unspecified atom stereocenters. The molecule has 3 rings (SSSR count). The van der Waals surface area contributed by atoms with Gasteiger partial charge in [0.05, 0.1) is 5.69 Å². The van der Waals surface area contributed by atoms with Crippen molar-refractivity contribution in [3.05, 3.63) is 41.7 Å². The number of H-pyrrole nitrogens is 1. The van der Waals surface area contributed by atoms with Crippen LogP contribution in [-0.4, -0.2) is 36.4 Å². The van der Waals surface area contributed by atoms with Crippen LogP contribution in [0.25, 0.3) is 10.7 Å². The molecule has 3 heterocycles. The number of hydrogen-bond donors (Lipinski definition) is 2. The van der Waals surface area contributed by atoms with Crippen LogP contribution in [0.2, 0.25) is 0 Å². The zero-order chi connectivity index (χ0) is 19.6. The van der Waals surface area contributed by atoms with Gasteiger partial charge in [0.1, 0.15) is 15.6 Å². The molecule has 0 radical (unpaired) electrons. The minimum atomic E-state index is -4.27. The predicted octanol–water partition coefficient (Wildman–Crippen LogP) is 3.26. The number of anilines is 1. The topological polar surface area (TPSA) is 97.0 Å². The number of aromatic amines is 1. The van der Waals surface area contributed by atoms with E-state index in [0.29, 0.717) is 16.8 Å². The van der Waals surface area contributed by atoms with Gasteiger partial charge in [-0.2, -0.15) is 9.37 Å². The van der Waals surface area contributed by atoms with Crippen molar-refractivity contribution in [2.24, 2.45) is 0 Å². The number of halogens is 4. The summed E-state index contributed by atoms with van der Waals surface area (Å²) in [5.74, 6) is -3.73. The molecule has 0 atom stereocenters. The molecular weight excluding hydrogens is 412 g/mol. The summed E-state index contributed by atoms with van der Waals surface area (Å²) in [4.78, 5) is 9.52. The van der Waals surface area contributed by atoms with Crippen LogP contribution in [0.15, 0.2) is 34.8 Å². The minimum Gasteiger partial charge on any atom is -0.469 e. The minimum absolute atomic E-state index is 0.245. The molecule has 3 aromatic heterocycles. The molecule has 0 aliphatic rings. The number of hydrogen-bond acceptors (Lipinski definition) is 6. The fraction of sp³-hybridized carbons (Fsp3) is 0.143. The summed E-state index contributed by atoms with van der Waals surface area (Å²) >= 11 is 1.27. The van der Waals surface area contributed by atoms with Gasteiger partial charge in [0.2, 0.25) is 5.95 Å². The van der Waals surface area contributed by atoms with Gasteiger partial charge in [-0.3, -0.25) is 4.72 Å². The molecule has 0 aliphatic heterocycles. The van der Waals surface area contributed by atoms with Crippen molar-refractivity contribution in [1.29, 1.82) is 0 Å². The van der Waals surface area contributed by atoms with Crippen molar-refractivity contribution in [2.75, 3.05) is 11.3 Å². The van der Waals surface area contributed by atoms with Crippen molar-refractivity contribution in [3.8, 4) is 16.6 Å². The van der Waals surface area contributed by atoms with Crippen LogP contribution in [0, 0.1) is 11.8 Å². The molecule has 144 valence electrons. The molecule has 0 spiro atoms. The summed E-state index contributed by atoms with van der Waals surface area (Å²) in [6.07, 6.45) is -0.219. The molecule has 0 aromatic carbocycles. The molecule has 27 heavy (non-hydrogen) atoms. The van der Waals surface area contributed by atoms with Crippen LogP contribution in [-0.2, 0) is 10.0 Å². The van der Waals surface area contributed by atoms with Gasteiger partial charge in [0.25, 0.3) is 22.3 Å². The fourth-order valence-corrected chi connectivity index (χ4v) is 3.63. The Balaban J connectivity index is 1.82. The number of alkyl halides is 2. The lowest BCUT2D eigenvalue weighted by atomic mass is 10.4. The third-order valence-corrected chi connectivity index (χ3v) is 5.27. The third-order valence-electron chi connectivity index (χ3n) is 3.12. The van der Waals surface area contributed by atoms with Gasteiger partial charge in [0.15, 0.2) is 12.4 Å². The Morgan fingerprint density at radius 3 is 2.74 bits per heavy atom. The fourth-order valence-electron chi connectivity index (χ4n) is 1.98. The molecule has 0 fully saturated rings. The molecule has 0 amide bonds. The predicted molar refractivity (Wildman–Crippen MR) is 88.4 cm³/mol. The van der Waals surface area contributed by atoms with Crippen molar-refractivity contribution in [3.63, 3.8) is 0 Å². The van der Waals surface area contributed by atoms with Crippen LogP contribution in [0.1, 0.15) is 0 Å². The SMILES string of the molecule is O=S(=O)(Nc1cc(F)c(OCC(F)F)nc1F)c1c[nH]c(-c2nccs2)c1. The van der Waals surface area contributed by atoms with Crippen LogP contribution in [0.4, 0.5) is 23.2 Å². The first-order valence-electron chi connectivity index (χ1n) is 7.14. The highest BCUT2D eigenvalue weighted by Gasteiger charge is 2.22. The lowest BCUT2D eigenvalue weighted by molar-refractivity contribution is 0.0768.